The highest BCUT2D eigenvalue weighted by atomic mass is 19.4. The lowest BCUT2D eigenvalue weighted by atomic mass is 10.1. The van der Waals surface area contributed by atoms with Crippen molar-refractivity contribution in [3.63, 3.8) is 0 Å². The summed E-state index contributed by atoms with van der Waals surface area (Å²) in [5, 5.41) is 8.83. The van der Waals surface area contributed by atoms with E-state index in [1.54, 1.807) is 12.1 Å². The molecule has 26 heavy (non-hydrogen) atoms. The molecule has 0 saturated carbocycles. The number of hydrogen-bond acceptors (Lipinski definition) is 4. The molecule has 2 aliphatic rings. The van der Waals surface area contributed by atoms with E-state index in [-0.39, 0.29) is 17.9 Å². The maximum absolute atomic E-state index is 13.0. The van der Waals surface area contributed by atoms with Crippen molar-refractivity contribution in [2.24, 2.45) is 0 Å². The number of carbonyl (C=O) groups excluding carboxylic acids is 1. The molecular weight excluding hydrogens is 356 g/mol. The third kappa shape index (κ3) is 4.09. The molecule has 1 aromatic rings. The van der Waals surface area contributed by atoms with Crippen LogP contribution >= 0.6 is 0 Å². The minimum absolute atomic E-state index is 0.228. The van der Waals surface area contributed by atoms with Crippen molar-refractivity contribution in [1.29, 1.82) is 0 Å². The van der Waals surface area contributed by atoms with E-state index < -0.39 is 25.0 Å². The molecule has 1 N–H and O–H groups in total. The summed E-state index contributed by atoms with van der Waals surface area (Å²) in [5.41, 5.74) is 0.930. The Morgan fingerprint density at radius 1 is 1.19 bits per heavy atom. The highest BCUT2D eigenvalue weighted by Gasteiger charge is 2.47. The van der Waals surface area contributed by atoms with Crippen molar-refractivity contribution < 1.29 is 32.2 Å². The second kappa shape index (κ2) is 7.40. The van der Waals surface area contributed by atoms with Gasteiger partial charge in [0.05, 0.1) is 6.61 Å². The molecule has 2 aliphatic heterocycles. The van der Waals surface area contributed by atoms with Crippen LogP contribution in [0.4, 0.5) is 22.4 Å². The average Bonchev–Trinajstić information content (AvgIpc) is 2.84. The highest BCUT2D eigenvalue weighted by molar-refractivity contribution is 5.69. The summed E-state index contributed by atoms with van der Waals surface area (Å²) in [6.45, 7) is 0.310. The first-order chi connectivity index (χ1) is 12.3. The number of likely N-dealkylation sites (tertiary alicyclic amines) is 1. The molecule has 2 unspecified atom stereocenters. The first-order valence-corrected chi connectivity index (χ1v) is 8.41. The molecule has 0 aliphatic carbocycles. The van der Waals surface area contributed by atoms with Crippen LogP contribution in [0.5, 0.6) is 0 Å². The monoisotopic (exact) mass is 376 g/mol. The van der Waals surface area contributed by atoms with E-state index in [1.807, 2.05) is 0 Å². The lowest BCUT2D eigenvalue weighted by Crippen LogP contribution is -2.56. The zero-order valence-electron chi connectivity index (χ0n) is 14.0. The summed E-state index contributed by atoms with van der Waals surface area (Å²) in [7, 11) is 0. The summed E-state index contributed by atoms with van der Waals surface area (Å²) in [6, 6.07) is 5.68. The Bertz CT molecular complexity index is 624. The maximum Gasteiger partial charge on any atom is 0.427 e. The number of ether oxygens (including phenoxy) is 1. The number of halogens is 4. The summed E-state index contributed by atoms with van der Waals surface area (Å²) in [4.78, 5) is 15.7. The van der Waals surface area contributed by atoms with Crippen molar-refractivity contribution in [2.75, 3.05) is 19.7 Å². The predicted molar refractivity (Wildman–Crippen MR) is 83.7 cm³/mol. The number of aliphatic hydroxyl groups is 1. The third-order valence-electron chi connectivity index (χ3n) is 4.86. The van der Waals surface area contributed by atoms with Crippen LogP contribution in [0.3, 0.4) is 0 Å². The van der Waals surface area contributed by atoms with Crippen LogP contribution in [-0.4, -0.2) is 65.1 Å². The molecule has 144 valence electrons. The van der Waals surface area contributed by atoms with Gasteiger partial charge in [-0.3, -0.25) is 9.80 Å². The molecule has 2 saturated heterocycles. The SMILES string of the molecule is O=C(O[C@H](CO)C(F)(F)F)N1C2CCC1CN(Cc1ccc(F)cc1)C2. The zero-order chi connectivity index (χ0) is 18.9. The Labute approximate surface area is 148 Å². The topological polar surface area (TPSA) is 53.0 Å². The van der Waals surface area contributed by atoms with Crippen molar-refractivity contribution in [2.45, 2.75) is 43.8 Å². The summed E-state index contributed by atoms with van der Waals surface area (Å²) < 4.78 is 55.6. The van der Waals surface area contributed by atoms with Gasteiger partial charge in [-0.1, -0.05) is 12.1 Å². The first-order valence-electron chi connectivity index (χ1n) is 8.41. The van der Waals surface area contributed by atoms with Crippen LogP contribution < -0.4 is 0 Å². The van der Waals surface area contributed by atoms with Gasteiger partial charge in [-0.15, -0.1) is 0 Å². The van der Waals surface area contributed by atoms with Gasteiger partial charge in [-0.25, -0.2) is 9.18 Å². The molecule has 2 fully saturated rings. The minimum Gasteiger partial charge on any atom is -0.434 e. The highest BCUT2D eigenvalue weighted by Crippen LogP contribution is 2.33. The van der Waals surface area contributed by atoms with Crippen molar-refractivity contribution >= 4 is 6.09 Å². The van der Waals surface area contributed by atoms with E-state index in [1.165, 1.54) is 17.0 Å². The molecule has 0 radical (unpaired) electrons. The Hall–Kier alpha value is -1.87. The Morgan fingerprint density at radius 3 is 2.27 bits per heavy atom. The van der Waals surface area contributed by atoms with Gasteiger partial charge in [-0.2, -0.15) is 13.2 Å². The van der Waals surface area contributed by atoms with Crippen LogP contribution in [0.2, 0.25) is 0 Å². The Kier molecular flexibility index (Phi) is 5.38. The molecule has 9 heteroatoms. The number of piperazine rings is 1. The van der Waals surface area contributed by atoms with Gasteiger partial charge in [0.2, 0.25) is 6.10 Å². The summed E-state index contributed by atoms with van der Waals surface area (Å²) in [6.07, 6.45) is -6.96. The normalized spacial score (nSPS) is 24.6. The van der Waals surface area contributed by atoms with Gasteiger partial charge < -0.3 is 9.84 Å². The number of nitrogens with zero attached hydrogens (tertiary/aromatic N) is 2. The Balaban J connectivity index is 1.61. The maximum atomic E-state index is 13.0. The third-order valence-corrected chi connectivity index (χ3v) is 4.86. The number of aliphatic hydroxyl groups excluding tert-OH is 1. The number of carbonyl (C=O) groups is 1. The van der Waals surface area contributed by atoms with Gasteiger partial charge in [0.25, 0.3) is 0 Å². The molecule has 0 aromatic heterocycles. The number of alkyl halides is 3. The second-order valence-electron chi connectivity index (χ2n) is 6.71. The second-order valence-corrected chi connectivity index (χ2v) is 6.71. The smallest absolute Gasteiger partial charge is 0.427 e. The number of benzene rings is 1. The molecular formula is C17H20F4N2O3. The van der Waals surface area contributed by atoms with E-state index in [9.17, 15) is 22.4 Å². The van der Waals surface area contributed by atoms with Gasteiger partial charge in [-0.05, 0) is 30.5 Å². The van der Waals surface area contributed by atoms with Crippen LogP contribution in [0.25, 0.3) is 0 Å². The largest absolute Gasteiger partial charge is 0.434 e. The molecule has 5 nitrogen and oxygen atoms in total. The fourth-order valence-corrected chi connectivity index (χ4v) is 3.66. The van der Waals surface area contributed by atoms with Crippen molar-refractivity contribution in [3.05, 3.63) is 35.6 Å². The molecule has 3 rings (SSSR count). The quantitative estimate of drug-likeness (QED) is 0.821. The van der Waals surface area contributed by atoms with Crippen LogP contribution in [0, 0.1) is 5.82 Å². The molecule has 1 aromatic carbocycles. The number of amides is 1. The van der Waals surface area contributed by atoms with Gasteiger partial charge in [0.1, 0.15) is 5.82 Å². The zero-order valence-corrected chi connectivity index (χ0v) is 14.0. The molecule has 0 spiro atoms. The van der Waals surface area contributed by atoms with E-state index in [0.29, 0.717) is 32.5 Å². The molecule has 3 atom stereocenters. The summed E-state index contributed by atoms with van der Waals surface area (Å²) in [5.74, 6) is -0.315. The van der Waals surface area contributed by atoms with Crippen LogP contribution in [0.15, 0.2) is 24.3 Å². The minimum atomic E-state index is -4.80. The number of rotatable bonds is 4. The number of fused-ring (bicyclic) bond motifs is 2. The van der Waals surface area contributed by atoms with Crippen molar-refractivity contribution in [3.8, 4) is 0 Å². The van der Waals surface area contributed by atoms with Gasteiger partial charge >= 0.3 is 12.3 Å². The fourth-order valence-electron chi connectivity index (χ4n) is 3.66. The lowest BCUT2D eigenvalue weighted by Gasteiger charge is -2.40. The van der Waals surface area contributed by atoms with E-state index in [4.69, 9.17) is 5.11 Å². The first kappa shape index (κ1) is 18.9. The predicted octanol–water partition coefficient (Wildman–Crippen LogP) is 2.53. The average molecular weight is 376 g/mol. The molecule has 2 bridgehead atoms. The van der Waals surface area contributed by atoms with Crippen molar-refractivity contribution in [1.82, 2.24) is 9.80 Å². The molecule has 2 heterocycles. The standard InChI is InChI=1S/C17H20F4N2O3/c18-12-3-1-11(2-4-12)7-22-8-13-5-6-14(9-22)23(13)16(25)26-15(10-24)17(19,20)21/h1-4,13-15,24H,5-10H2/t13?,14?,15-/m1/s1. The van der Waals surface area contributed by atoms with E-state index in [2.05, 4.69) is 9.64 Å². The Morgan fingerprint density at radius 2 is 1.77 bits per heavy atom. The fraction of sp³-hybridized carbons (Fsp3) is 0.588. The summed E-state index contributed by atoms with van der Waals surface area (Å²) >= 11 is 0. The van der Waals surface area contributed by atoms with Crippen LogP contribution in [0.1, 0.15) is 18.4 Å². The number of hydrogen-bond donors (Lipinski definition) is 1. The van der Waals surface area contributed by atoms with Gasteiger partial charge in [0.15, 0.2) is 0 Å². The molecule has 1 amide bonds. The van der Waals surface area contributed by atoms with E-state index >= 15 is 0 Å². The van der Waals surface area contributed by atoms with Crippen LogP contribution in [-0.2, 0) is 11.3 Å². The lowest BCUT2D eigenvalue weighted by molar-refractivity contribution is -0.215. The van der Waals surface area contributed by atoms with E-state index in [0.717, 1.165) is 5.56 Å². The van der Waals surface area contributed by atoms with Gasteiger partial charge in [0, 0.05) is 31.7 Å².